The third-order valence-electron chi connectivity index (χ3n) is 5.37. The van der Waals surface area contributed by atoms with Gasteiger partial charge in [-0.05, 0) is 44.1 Å². The number of likely N-dealkylation sites (tertiary alicyclic amines) is 1. The van der Waals surface area contributed by atoms with Gasteiger partial charge in [0.05, 0.1) is 4.92 Å². The summed E-state index contributed by atoms with van der Waals surface area (Å²) in [5.74, 6) is 1.40. The van der Waals surface area contributed by atoms with Gasteiger partial charge in [0.2, 0.25) is 0 Å². The number of benzene rings is 2. The molecule has 28 heavy (non-hydrogen) atoms. The van der Waals surface area contributed by atoms with E-state index < -0.39 is 0 Å². The Kier molecular flexibility index (Phi) is 5.25. The van der Waals surface area contributed by atoms with Crippen molar-refractivity contribution < 1.29 is 19.2 Å². The van der Waals surface area contributed by atoms with Gasteiger partial charge in [-0.25, -0.2) is 0 Å². The molecule has 1 fully saturated rings. The Labute approximate surface area is 163 Å². The molecule has 0 N–H and O–H groups in total. The van der Waals surface area contributed by atoms with Crippen LogP contribution in [0.1, 0.15) is 28.8 Å². The zero-order valence-corrected chi connectivity index (χ0v) is 15.5. The molecule has 2 aromatic rings. The van der Waals surface area contributed by atoms with E-state index in [-0.39, 0.29) is 22.3 Å². The topological polar surface area (TPSA) is 81.9 Å². The summed E-state index contributed by atoms with van der Waals surface area (Å²) in [6.45, 7) is 3.04. The van der Waals surface area contributed by atoms with E-state index in [1.54, 1.807) is 30.3 Å². The third kappa shape index (κ3) is 3.84. The van der Waals surface area contributed by atoms with Crippen molar-refractivity contribution in [1.82, 2.24) is 4.90 Å². The molecule has 7 nitrogen and oxygen atoms in total. The summed E-state index contributed by atoms with van der Waals surface area (Å²) in [5.41, 5.74) is 1.52. The Hall–Kier alpha value is -2.93. The van der Waals surface area contributed by atoms with Crippen LogP contribution >= 0.6 is 0 Å². The number of fused-ring (bicyclic) bond motifs is 1. The van der Waals surface area contributed by atoms with Gasteiger partial charge >= 0.3 is 0 Å². The number of Topliss-reactive ketones (excluding diaryl/α,β-unsaturated/α-hetero) is 1. The second kappa shape index (κ2) is 7.98. The molecule has 0 radical (unpaired) electrons. The van der Waals surface area contributed by atoms with E-state index >= 15 is 0 Å². The van der Waals surface area contributed by atoms with Gasteiger partial charge in [0.1, 0.15) is 13.2 Å². The smallest absolute Gasteiger partial charge is 0.273 e. The maximum atomic E-state index is 12.9. The molecule has 1 saturated heterocycles. The van der Waals surface area contributed by atoms with Crippen LogP contribution in [0.5, 0.6) is 11.5 Å². The molecule has 0 unspecified atom stereocenters. The lowest BCUT2D eigenvalue weighted by atomic mass is 9.88. The van der Waals surface area contributed by atoms with Gasteiger partial charge in [0, 0.05) is 29.7 Å². The van der Waals surface area contributed by atoms with Crippen LogP contribution in [0.15, 0.2) is 42.5 Å². The van der Waals surface area contributed by atoms with Gasteiger partial charge in [-0.3, -0.25) is 19.8 Å². The number of ketones is 1. The first-order valence-corrected chi connectivity index (χ1v) is 9.50. The van der Waals surface area contributed by atoms with Crippen molar-refractivity contribution in [2.45, 2.75) is 19.4 Å². The van der Waals surface area contributed by atoms with Crippen LogP contribution in [0.4, 0.5) is 5.69 Å². The number of nitro benzene ring substituents is 1. The zero-order valence-electron chi connectivity index (χ0n) is 15.5. The maximum absolute atomic E-state index is 12.9. The number of hydrogen-bond donors (Lipinski definition) is 0. The summed E-state index contributed by atoms with van der Waals surface area (Å²) in [4.78, 5) is 25.9. The largest absolute Gasteiger partial charge is 0.486 e. The molecule has 7 heteroatoms. The van der Waals surface area contributed by atoms with E-state index in [1.807, 2.05) is 6.07 Å². The molecule has 0 aliphatic carbocycles. The third-order valence-corrected chi connectivity index (χ3v) is 5.37. The Morgan fingerprint density at radius 1 is 1.07 bits per heavy atom. The first kappa shape index (κ1) is 18.4. The molecule has 4 rings (SSSR count). The summed E-state index contributed by atoms with van der Waals surface area (Å²) >= 11 is 0. The fourth-order valence-corrected chi connectivity index (χ4v) is 3.85. The molecule has 146 valence electrons. The van der Waals surface area contributed by atoms with Crippen LogP contribution in [-0.4, -0.2) is 41.9 Å². The molecule has 0 bridgehead atoms. The van der Waals surface area contributed by atoms with Gasteiger partial charge in [-0.15, -0.1) is 0 Å². The highest BCUT2D eigenvalue weighted by molar-refractivity contribution is 5.98. The van der Waals surface area contributed by atoms with Gasteiger partial charge in [-0.1, -0.05) is 18.2 Å². The fourth-order valence-electron chi connectivity index (χ4n) is 3.85. The van der Waals surface area contributed by atoms with E-state index in [9.17, 15) is 14.9 Å². The lowest BCUT2D eigenvalue weighted by molar-refractivity contribution is -0.385. The monoisotopic (exact) mass is 382 g/mol. The molecule has 0 spiro atoms. The fraction of sp³-hybridized carbons (Fsp3) is 0.381. The van der Waals surface area contributed by atoms with Gasteiger partial charge in [0.25, 0.3) is 5.69 Å². The zero-order chi connectivity index (χ0) is 19.5. The quantitative estimate of drug-likeness (QED) is 0.447. The Morgan fingerprint density at radius 2 is 1.79 bits per heavy atom. The first-order valence-electron chi connectivity index (χ1n) is 9.50. The lowest BCUT2D eigenvalue weighted by Crippen LogP contribution is -2.36. The molecule has 2 aliphatic rings. The summed E-state index contributed by atoms with van der Waals surface area (Å²) in [7, 11) is 0. The summed E-state index contributed by atoms with van der Waals surface area (Å²) < 4.78 is 11.1. The minimum atomic E-state index is -0.340. The minimum Gasteiger partial charge on any atom is -0.486 e. The van der Waals surface area contributed by atoms with E-state index in [0.29, 0.717) is 42.4 Å². The average molecular weight is 382 g/mol. The van der Waals surface area contributed by atoms with Crippen LogP contribution in [0.25, 0.3) is 0 Å². The summed E-state index contributed by atoms with van der Waals surface area (Å²) in [5, 5.41) is 11.2. The van der Waals surface area contributed by atoms with Crippen molar-refractivity contribution in [3.63, 3.8) is 0 Å². The average Bonchev–Trinajstić information content (AvgIpc) is 2.73. The number of nitro groups is 1. The number of nitrogens with zero attached hydrogens (tertiary/aromatic N) is 2. The van der Waals surface area contributed by atoms with E-state index in [4.69, 9.17) is 9.47 Å². The predicted molar refractivity (Wildman–Crippen MR) is 103 cm³/mol. The molecular weight excluding hydrogens is 360 g/mol. The second-order valence-corrected chi connectivity index (χ2v) is 7.16. The van der Waals surface area contributed by atoms with Crippen LogP contribution < -0.4 is 9.47 Å². The molecule has 0 atom stereocenters. The number of para-hydroxylation sites is 1. The highest BCUT2D eigenvalue weighted by Gasteiger charge is 2.28. The molecule has 0 saturated carbocycles. The van der Waals surface area contributed by atoms with E-state index in [0.717, 1.165) is 25.9 Å². The Balaban J connectivity index is 1.38. The second-order valence-electron chi connectivity index (χ2n) is 7.16. The van der Waals surface area contributed by atoms with Crippen molar-refractivity contribution in [3.8, 4) is 11.5 Å². The van der Waals surface area contributed by atoms with Crippen molar-refractivity contribution in [2.75, 3.05) is 26.3 Å². The highest BCUT2D eigenvalue weighted by Crippen LogP contribution is 2.33. The highest BCUT2D eigenvalue weighted by atomic mass is 16.6. The van der Waals surface area contributed by atoms with Crippen molar-refractivity contribution in [2.24, 2.45) is 5.92 Å². The molecule has 2 aromatic carbocycles. The number of rotatable bonds is 5. The number of hydrogen-bond acceptors (Lipinski definition) is 6. The number of carbonyl (C=O) groups is 1. The molecule has 0 amide bonds. The van der Waals surface area contributed by atoms with Crippen molar-refractivity contribution in [3.05, 3.63) is 63.7 Å². The van der Waals surface area contributed by atoms with Crippen LogP contribution in [-0.2, 0) is 6.54 Å². The number of carbonyl (C=O) groups excluding carboxylic acids is 1. The minimum absolute atomic E-state index is 0.0374. The first-order chi connectivity index (χ1) is 13.6. The van der Waals surface area contributed by atoms with E-state index in [2.05, 4.69) is 4.90 Å². The predicted octanol–water partition coefficient (Wildman–Crippen LogP) is 3.46. The Morgan fingerprint density at radius 3 is 2.54 bits per heavy atom. The van der Waals surface area contributed by atoms with E-state index in [1.165, 1.54) is 6.07 Å². The van der Waals surface area contributed by atoms with Crippen LogP contribution in [0.2, 0.25) is 0 Å². The number of ether oxygens (including phenoxy) is 2. The SMILES string of the molecule is O=C(c1ccc2c(c1)OCCO2)C1CCN(Cc2ccccc2[N+](=O)[O-])CC1. The van der Waals surface area contributed by atoms with Gasteiger partial charge in [0.15, 0.2) is 17.3 Å². The van der Waals surface area contributed by atoms with Crippen LogP contribution in [0, 0.1) is 16.0 Å². The van der Waals surface area contributed by atoms with Crippen molar-refractivity contribution >= 4 is 11.5 Å². The van der Waals surface area contributed by atoms with Gasteiger partial charge in [-0.2, -0.15) is 0 Å². The molecular formula is C21H22N2O5. The summed E-state index contributed by atoms with van der Waals surface area (Å²) in [6.07, 6.45) is 1.49. The normalized spacial score (nSPS) is 17.3. The molecule has 2 heterocycles. The molecule has 0 aromatic heterocycles. The van der Waals surface area contributed by atoms with Gasteiger partial charge < -0.3 is 9.47 Å². The molecule has 2 aliphatic heterocycles. The summed E-state index contributed by atoms with van der Waals surface area (Å²) in [6, 6.07) is 12.2. The van der Waals surface area contributed by atoms with Crippen molar-refractivity contribution in [1.29, 1.82) is 0 Å². The lowest BCUT2D eigenvalue weighted by Gasteiger charge is -2.31. The Bertz CT molecular complexity index is 890. The standard InChI is InChI=1S/C21H22N2O5/c24-21(16-5-6-19-20(13-16)28-12-11-27-19)15-7-9-22(10-8-15)14-17-3-1-2-4-18(17)23(25)26/h1-6,13,15H,7-12,14H2. The number of piperidine rings is 1. The maximum Gasteiger partial charge on any atom is 0.273 e. The van der Waals surface area contributed by atoms with Crippen LogP contribution in [0.3, 0.4) is 0 Å².